The molecule has 0 radical (unpaired) electrons. The van der Waals surface area contributed by atoms with Crippen molar-refractivity contribution in [3.8, 4) is 11.3 Å². The van der Waals surface area contributed by atoms with Crippen molar-refractivity contribution >= 4 is 23.2 Å². The first kappa shape index (κ1) is 16.4. The number of rotatable bonds is 7. The molecule has 5 heteroatoms. The highest BCUT2D eigenvalue weighted by atomic mass is 35.5. The van der Waals surface area contributed by atoms with Crippen LogP contribution in [0.25, 0.3) is 11.3 Å². The third-order valence-corrected chi connectivity index (χ3v) is 3.68. The van der Waals surface area contributed by atoms with Gasteiger partial charge < -0.3 is 14.6 Å². The summed E-state index contributed by atoms with van der Waals surface area (Å²) in [5.41, 5.74) is 0.822. The number of nitrogens with zero attached hydrogens (tertiary/aromatic N) is 1. The maximum absolute atomic E-state index is 6.18. The Labute approximate surface area is 135 Å². The minimum atomic E-state index is 0.638. The van der Waals surface area contributed by atoms with E-state index in [-0.39, 0.29) is 0 Å². The second kappa shape index (κ2) is 7.85. The molecule has 0 aliphatic carbocycles. The molecule has 0 atom stereocenters. The maximum Gasteiger partial charge on any atom is 0.135 e. The topological polar surface area (TPSA) is 28.4 Å². The average molecular weight is 327 g/mol. The van der Waals surface area contributed by atoms with Crippen LogP contribution >= 0.6 is 23.2 Å². The summed E-state index contributed by atoms with van der Waals surface area (Å²) in [6.45, 7) is 2.76. The molecular formula is C16H20Cl2N2O. The minimum Gasteiger partial charge on any atom is -0.460 e. The van der Waals surface area contributed by atoms with Gasteiger partial charge in [0.15, 0.2) is 0 Å². The van der Waals surface area contributed by atoms with Crippen molar-refractivity contribution < 1.29 is 4.42 Å². The van der Waals surface area contributed by atoms with Crippen LogP contribution in [0.1, 0.15) is 12.2 Å². The Bertz CT molecular complexity index is 581. The van der Waals surface area contributed by atoms with E-state index in [0.717, 1.165) is 36.6 Å². The molecule has 0 aliphatic rings. The molecule has 0 saturated heterocycles. The van der Waals surface area contributed by atoms with Gasteiger partial charge in [-0.05, 0) is 63.9 Å². The summed E-state index contributed by atoms with van der Waals surface area (Å²) in [6.07, 6.45) is 1.11. The molecule has 114 valence electrons. The zero-order chi connectivity index (χ0) is 15.2. The highest BCUT2D eigenvalue weighted by molar-refractivity contribution is 6.35. The monoisotopic (exact) mass is 326 g/mol. The summed E-state index contributed by atoms with van der Waals surface area (Å²) in [5, 5.41) is 4.65. The Morgan fingerprint density at radius 2 is 1.95 bits per heavy atom. The van der Waals surface area contributed by atoms with Crippen LogP contribution in [0.15, 0.2) is 34.7 Å². The van der Waals surface area contributed by atoms with E-state index < -0.39 is 0 Å². The van der Waals surface area contributed by atoms with E-state index in [2.05, 4.69) is 24.3 Å². The standard InChI is InChI=1S/C16H20Cl2N2O/c1-20(2)9-3-8-19-11-13-5-7-16(21-13)14-10-12(17)4-6-15(14)18/h4-7,10,19H,3,8-9,11H2,1-2H3. The molecule has 1 N–H and O–H groups in total. The predicted octanol–water partition coefficient (Wildman–Crippen LogP) is 4.29. The first-order valence-electron chi connectivity index (χ1n) is 6.96. The number of halogens is 2. The number of hydrogen-bond donors (Lipinski definition) is 1. The summed E-state index contributed by atoms with van der Waals surface area (Å²) in [6, 6.07) is 9.25. The Hall–Kier alpha value is -1.00. The third-order valence-electron chi connectivity index (χ3n) is 3.11. The molecule has 1 aromatic heterocycles. The Morgan fingerprint density at radius 1 is 1.14 bits per heavy atom. The lowest BCUT2D eigenvalue weighted by molar-refractivity contribution is 0.391. The molecule has 0 amide bonds. The van der Waals surface area contributed by atoms with Crippen LogP contribution in [0.3, 0.4) is 0 Å². The van der Waals surface area contributed by atoms with Crippen molar-refractivity contribution in [2.24, 2.45) is 0 Å². The van der Waals surface area contributed by atoms with Crippen molar-refractivity contribution in [1.29, 1.82) is 0 Å². The molecule has 0 spiro atoms. The molecule has 0 fully saturated rings. The van der Waals surface area contributed by atoms with Gasteiger partial charge in [0.05, 0.1) is 11.6 Å². The van der Waals surface area contributed by atoms with E-state index in [1.165, 1.54) is 0 Å². The SMILES string of the molecule is CN(C)CCCNCc1ccc(-c2cc(Cl)ccc2Cl)o1. The largest absolute Gasteiger partial charge is 0.460 e. The van der Waals surface area contributed by atoms with Gasteiger partial charge in [0.1, 0.15) is 11.5 Å². The van der Waals surface area contributed by atoms with Crippen LogP contribution < -0.4 is 5.32 Å². The van der Waals surface area contributed by atoms with Crippen LogP contribution in [0.4, 0.5) is 0 Å². The molecule has 21 heavy (non-hydrogen) atoms. The highest BCUT2D eigenvalue weighted by Gasteiger charge is 2.09. The molecular weight excluding hydrogens is 307 g/mol. The number of furan rings is 1. The molecule has 1 heterocycles. The normalized spacial score (nSPS) is 11.3. The molecule has 2 aromatic rings. The average Bonchev–Trinajstić information content (AvgIpc) is 2.89. The smallest absolute Gasteiger partial charge is 0.135 e. The number of nitrogens with one attached hydrogen (secondary N) is 1. The van der Waals surface area contributed by atoms with Gasteiger partial charge >= 0.3 is 0 Å². The van der Waals surface area contributed by atoms with Gasteiger partial charge in [0, 0.05) is 10.6 Å². The van der Waals surface area contributed by atoms with Gasteiger partial charge in [-0.1, -0.05) is 23.2 Å². The Morgan fingerprint density at radius 3 is 2.71 bits per heavy atom. The number of hydrogen-bond acceptors (Lipinski definition) is 3. The van der Waals surface area contributed by atoms with Crippen LogP contribution in [0.2, 0.25) is 10.0 Å². The van der Waals surface area contributed by atoms with Gasteiger partial charge in [-0.2, -0.15) is 0 Å². The van der Waals surface area contributed by atoms with Crippen molar-refractivity contribution in [3.05, 3.63) is 46.1 Å². The van der Waals surface area contributed by atoms with E-state index in [9.17, 15) is 0 Å². The first-order chi connectivity index (χ1) is 10.1. The molecule has 0 unspecified atom stereocenters. The van der Waals surface area contributed by atoms with Gasteiger partial charge in [0.25, 0.3) is 0 Å². The van der Waals surface area contributed by atoms with Crippen molar-refractivity contribution in [2.75, 3.05) is 27.2 Å². The second-order valence-electron chi connectivity index (χ2n) is 5.22. The molecule has 2 rings (SSSR count). The van der Waals surface area contributed by atoms with Gasteiger partial charge in [0.2, 0.25) is 0 Å². The van der Waals surface area contributed by atoms with Crippen LogP contribution in [-0.4, -0.2) is 32.1 Å². The fourth-order valence-corrected chi connectivity index (χ4v) is 2.42. The molecule has 0 aliphatic heterocycles. The summed E-state index contributed by atoms with van der Waals surface area (Å²) in [4.78, 5) is 2.17. The number of benzene rings is 1. The van der Waals surface area contributed by atoms with E-state index in [1.807, 2.05) is 18.2 Å². The molecule has 0 saturated carbocycles. The van der Waals surface area contributed by atoms with Crippen LogP contribution in [0.5, 0.6) is 0 Å². The fraction of sp³-hybridized carbons (Fsp3) is 0.375. The fourth-order valence-electron chi connectivity index (χ4n) is 2.04. The molecule has 1 aromatic carbocycles. The molecule has 0 bridgehead atoms. The lowest BCUT2D eigenvalue weighted by Crippen LogP contribution is -2.20. The zero-order valence-electron chi connectivity index (χ0n) is 12.3. The van der Waals surface area contributed by atoms with Gasteiger partial charge in [-0.25, -0.2) is 0 Å². The van der Waals surface area contributed by atoms with E-state index in [1.54, 1.807) is 12.1 Å². The summed E-state index contributed by atoms with van der Waals surface area (Å²) >= 11 is 12.2. The van der Waals surface area contributed by atoms with E-state index in [4.69, 9.17) is 27.6 Å². The third kappa shape index (κ3) is 5.04. The summed E-state index contributed by atoms with van der Waals surface area (Å²) in [7, 11) is 4.15. The van der Waals surface area contributed by atoms with Crippen molar-refractivity contribution in [2.45, 2.75) is 13.0 Å². The Kier molecular flexibility index (Phi) is 6.12. The van der Waals surface area contributed by atoms with E-state index in [0.29, 0.717) is 16.6 Å². The lowest BCUT2D eigenvalue weighted by atomic mass is 10.2. The second-order valence-corrected chi connectivity index (χ2v) is 6.07. The van der Waals surface area contributed by atoms with Crippen LogP contribution in [-0.2, 0) is 6.54 Å². The predicted molar refractivity (Wildman–Crippen MR) is 89.0 cm³/mol. The minimum absolute atomic E-state index is 0.638. The first-order valence-corrected chi connectivity index (χ1v) is 7.71. The highest BCUT2D eigenvalue weighted by Crippen LogP contribution is 2.31. The van der Waals surface area contributed by atoms with Crippen LogP contribution in [0, 0.1) is 0 Å². The van der Waals surface area contributed by atoms with Crippen molar-refractivity contribution in [1.82, 2.24) is 10.2 Å². The lowest BCUT2D eigenvalue weighted by Gasteiger charge is -2.09. The van der Waals surface area contributed by atoms with Gasteiger partial charge in [-0.3, -0.25) is 0 Å². The maximum atomic E-state index is 6.18. The van der Waals surface area contributed by atoms with Crippen molar-refractivity contribution in [3.63, 3.8) is 0 Å². The Balaban J connectivity index is 1.91. The summed E-state index contributed by atoms with van der Waals surface area (Å²) in [5.74, 6) is 1.64. The summed E-state index contributed by atoms with van der Waals surface area (Å²) < 4.78 is 5.82. The zero-order valence-corrected chi connectivity index (χ0v) is 13.8. The van der Waals surface area contributed by atoms with Gasteiger partial charge in [-0.15, -0.1) is 0 Å². The van der Waals surface area contributed by atoms with E-state index >= 15 is 0 Å². The quantitative estimate of drug-likeness (QED) is 0.769. The molecule has 3 nitrogen and oxygen atoms in total.